The predicted octanol–water partition coefficient (Wildman–Crippen LogP) is 5.07. The quantitative estimate of drug-likeness (QED) is 0.573. The molecule has 3 fully saturated rings. The Morgan fingerprint density at radius 3 is 2.63 bits per heavy atom. The van der Waals surface area contributed by atoms with E-state index in [1.54, 1.807) is 0 Å². The number of benzene rings is 1. The number of nitrogens with two attached hydrogens (primary N) is 1. The van der Waals surface area contributed by atoms with Gasteiger partial charge in [0.2, 0.25) is 0 Å². The van der Waals surface area contributed by atoms with Gasteiger partial charge in [0.05, 0.1) is 0 Å². The first-order chi connectivity index (χ1) is 13.1. The number of rotatable bonds is 11. The molecule has 1 aromatic carbocycles. The van der Waals surface area contributed by atoms with Crippen LogP contribution in [0.25, 0.3) is 0 Å². The zero-order valence-corrected chi connectivity index (χ0v) is 18.5. The van der Waals surface area contributed by atoms with Gasteiger partial charge in [-0.2, -0.15) is 11.8 Å². The summed E-state index contributed by atoms with van der Waals surface area (Å²) in [6.07, 6.45) is 10.2. The van der Waals surface area contributed by atoms with Crippen molar-refractivity contribution in [1.82, 2.24) is 4.90 Å². The topological polar surface area (TPSA) is 29.3 Å². The first-order valence-electron chi connectivity index (χ1n) is 11.0. The van der Waals surface area contributed by atoms with Crippen LogP contribution < -0.4 is 5.73 Å². The SMILES string of the molecule is CSCCC(CN)N(CCCc1ccccc1)CC1CCC2CC1C2(C)C. The minimum atomic E-state index is 0.550. The molecule has 3 aliphatic rings. The minimum Gasteiger partial charge on any atom is -0.329 e. The lowest BCUT2D eigenvalue weighted by Crippen LogP contribution is -2.56. The monoisotopic (exact) mass is 388 g/mol. The fourth-order valence-corrected chi connectivity index (χ4v) is 6.25. The first-order valence-corrected chi connectivity index (χ1v) is 12.4. The Bertz CT molecular complexity index is 557. The largest absolute Gasteiger partial charge is 0.329 e. The molecule has 0 heterocycles. The summed E-state index contributed by atoms with van der Waals surface area (Å²) >= 11 is 1.96. The van der Waals surface area contributed by atoms with E-state index in [4.69, 9.17) is 5.73 Å². The van der Waals surface area contributed by atoms with E-state index in [-0.39, 0.29) is 0 Å². The summed E-state index contributed by atoms with van der Waals surface area (Å²) < 4.78 is 0. The molecule has 3 saturated carbocycles. The van der Waals surface area contributed by atoms with Crippen molar-refractivity contribution in [2.75, 3.05) is 31.6 Å². The number of aryl methyl sites for hydroxylation is 1. The molecule has 4 rings (SSSR count). The van der Waals surface area contributed by atoms with Crippen molar-refractivity contribution >= 4 is 11.8 Å². The van der Waals surface area contributed by atoms with E-state index < -0.39 is 0 Å². The summed E-state index contributed by atoms with van der Waals surface area (Å²) in [5, 5.41) is 0. The Balaban J connectivity index is 1.60. The van der Waals surface area contributed by atoms with Crippen LogP contribution >= 0.6 is 11.8 Å². The third kappa shape index (κ3) is 5.10. The maximum Gasteiger partial charge on any atom is 0.0226 e. The molecule has 2 nitrogen and oxygen atoms in total. The maximum atomic E-state index is 6.25. The van der Waals surface area contributed by atoms with Crippen LogP contribution in [0.15, 0.2) is 30.3 Å². The van der Waals surface area contributed by atoms with Gasteiger partial charge in [0.15, 0.2) is 0 Å². The van der Waals surface area contributed by atoms with Gasteiger partial charge in [0.25, 0.3) is 0 Å². The molecular formula is C24H40N2S. The molecule has 3 heteroatoms. The second-order valence-electron chi connectivity index (χ2n) is 9.45. The molecule has 27 heavy (non-hydrogen) atoms. The second kappa shape index (κ2) is 9.80. The van der Waals surface area contributed by atoms with E-state index in [1.807, 2.05) is 11.8 Å². The number of thioether (sulfide) groups is 1. The second-order valence-corrected chi connectivity index (χ2v) is 10.4. The maximum absolute atomic E-state index is 6.25. The fourth-order valence-electron chi connectivity index (χ4n) is 5.74. The van der Waals surface area contributed by atoms with Crippen LogP contribution in [0.1, 0.15) is 51.5 Å². The van der Waals surface area contributed by atoms with Gasteiger partial charge in [-0.1, -0.05) is 44.2 Å². The number of hydrogen-bond donors (Lipinski definition) is 1. The van der Waals surface area contributed by atoms with Crippen molar-refractivity contribution in [2.24, 2.45) is 28.9 Å². The van der Waals surface area contributed by atoms with Gasteiger partial charge in [-0.15, -0.1) is 0 Å². The van der Waals surface area contributed by atoms with Crippen LogP contribution in [-0.2, 0) is 6.42 Å². The van der Waals surface area contributed by atoms with Gasteiger partial charge in [-0.25, -0.2) is 0 Å². The molecule has 0 aliphatic heterocycles. The van der Waals surface area contributed by atoms with Crippen LogP contribution in [0.4, 0.5) is 0 Å². The molecule has 152 valence electrons. The predicted molar refractivity (Wildman–Crippen MR) is 120 cm³/mol. The molecule has 4 atom stereocenters. The summed E-state index contributed by atoms with van der Waals surface area (Å²) in [5.74, 6) is 4.03. The molecule has 1 aromatic rings. The average Bonchev–Trinajstić information content (AvgIpc) is 2.69. The van der Waals surface area contributed by atoms with Gasteiger partial charge >= 0.3 is 0 Å². The summed E-state index contributed by atoms with van der Waals surface area (Å²) in [6, 6.07) is 11.5. The Kier molecular flexibility index (Phi) is 7.70. The highest BCUT2D eigenvalue weighted by Crippen LogP contribution is 2.61. The minimum absolute atomic E-state index is 0.550. The van der Waals surface area contributed by atoms with Gasteiger partial charge in [0.1, 0.15) is 0 Å². The molecule has 4 unspecified atom stereocenters. The summed E-state index contributed by atoms with van der Waals surface area (Å²) in [4.78, 5) is 2.78. The van der Waals surface area contributed by atoms with Gasteiger partial charge in [-0.3, -0.25) is 4.90 Å². The van der Waals surface area contributed by atoms with E-state index >= 15 is 0 Å². The first kappa shape index (κ1) is 21.2. The normalized spacial score (nSPS) is 27.4. The van der Waals surface area contributed by atoms with E-state index in [0.29, 0.717) is 11.5 Å². The third-order valence-corrected chi connectivity index (χ3v) is 8.31. The zero-order valence-electron chi connectivity index (χ0n) is 17.7. The van der Waals surface area contributed by atoms with Crippen molar-refractivity contribution in [3.63, 3.8) is 0 Å². The lowest BCUT2D eigenvalue weighted by molar-refractivity contribution is -0.113. The molecule has 2 N–H and O–H groups in total. The third-order valence-electron chi connectivity index (χ3n) is 7.67. The van der Waals surface area contributed by atoms with Crippen LogP contribution in [0.2, 0.25) is 0 Å². The number of nitrogens with zero attached hydrogens (tertiary/aromatic N) is 1. The summed E-state index contributed by atoms with van der Waals surface area (Å²) in [7, 11) is 0. The van der Waals surface area contributed by atoms with Crippen molar-refractivity contribution in [3.05, 3.63) is 35.9 Å². The molecule has 0 radical (unpaired) electrons. The fraction of sp³-hybridized carbons (Fsp3) is 0.750. The Morgan fingerprint density at radius 1 is 1.22 bits per heavy atom. The molecular weight excluding hydrogens is 348 g/mol. The highest BCUT2D eigenvalue weighted by Gasteiger charge is 2.54. The lowest BCUT2D eigenvalue weighted by Gasteiger charge is -2.61. The van der Waals surface area contributed by atoms with E-state index in [0.717, 1.165) is 24.3 Å². The van der Waals surface area contributed by atoms with Gasteiger partial charge in [-0.05, 0) is 85.8 Å². The van der Waals surface area contributed by atoms with Crippen molar-refractivity contribution in [2.45, 2.75) is 58.4 Å². The molecule has 3 aliphatic carbocycles. The molecule has 2 bridgehead atoms. The Labute approximate surface area is 171 Å². The highest BCUT2D eigenvalue weighted by atomic mass is 32.2. The standard InChI is InChI=1S/C24H40N2S/c1-24(2)21-12-11-20(23(24)16-21)18-26(22(17-25)13-15-27-3)14-7-10-19-8-5-4-6-9-19/h4-6,8-9,20-23H,7,10-18,25H2,1-3H3. The van der Waals surface area contributed by atoms with E-state index in [1.165, 1.54) is 62.9 Å². The van der Waals surface area contributed by atoms with Crippen molar-refractivity contribution in [3.8, 4) is 0 Å². The molecule has 0 spiro atoms. The molecule has 0 aromatic heterocycles. The lowest BCUT2D eigenvalue weighted by atomic mass is 9.45. The molecule has 0 saturated heterocycles. The van der Waals surface area contributed by atoms with Crippen LogP contribution in [0, 0.1) is 23.2 Å². The smallest absolute Gasteiger partial charge is 0.0226 e. The van der Waals surface area contributed by atoms with Crippen LogP contribution in [-0.4, -0.2) is 42.6 Å². The Morgan fingerprint density at radius 2 is 2.00 bits per heavy atom. The van der Waals surface area contributed by atoms with E-state index in [9.17, 15) is 0 Å². The van der Waals surface area contributed by atoms with Crippen LogP contribution in [0.3, 0.4) is 0 Å². The molecule has 0 amide bonds. The van der Waals surface area contributed by atoms with Gasteiger partial charge in [0, 0.05) is 19.1 Å². The average molecular weight is 389 g/mol. The zero-order chi connectivity index (χ0) is 19.3. The number of fused-ring (bicyclic) bond motifs is 2. The van der Waals surface area contributed by atoms with Crippen LogP contribution in [0.5, 0.6) is 0 Å². The summed E-state index contributed by atoms with van der Waals surface area (Å²) in [5.41, 5.74) is 8.29. The highest BCUT2D eigenvalue weighted by molar-refractivity contribution is 7.98. The van der Waals surface area contributed by atoms with Crippen molar-refractivity contribution < 1.29 is 0 Å². The van der Waals surface area contributed by atoms with Gasteiger partial charge < -0.3 is 5.73 Å². The Hall–Kier alpha value is -0.510. The number of hydrogen-bond acceptors (Lipinski definition) is 3. The summed E-state index contributed by atoms with van der Waals surface area (Å²) in [6.45, 7) is 8.30. The van der Waals surface area contributed by atoms with Crippen molar-refractivity contribution in [1.29, 1.82) is 0 Å². The van der Waals surface area contributed by atoms with E-state index in [2.05, 4.69) is 55.3 Å².